The molecule has 0 radical (unpaired) electrons. The molecule has 0 bridgehead atoms. The number of ketones is 1. The van der Waals surface area contributed by atoms with Crippen LogP contribution in [0.3, 0.4) is 0 Å². The summed E-state index contributed by atoms with van der Waals surface area (Å²) in [6, 6.07) is 0. The molecule has 3 nitrogen and oxygen atoms in total. The first-order valence-electron chi connectivity index (χ1n) is 10.6. The summed E-state index contributed by atoms with van der Waals surface area (Å²) in [5.41, 5.74) is 0. The van der Waals surface area contributed by atoms with E-state index >= 15 is 0 Å². The Morgan fingerprint density at radius 3 is 2.28 bits per heavy atom. The first kappa shape index (κ1) is 22.4. The molecular weight excluding hydrogens is 312 g/mol. The third-order valence-corrected chi connectivity index (χ3v) is 5.64. The van der Waals surface area contributed by atoms with E-state index in [1.165, 1.54) is 32.1 Å². The molecule has 2 N–H and O–H groups in total. The van der Waals surface area contributed by atoms with E-state index in [2.05, 4.69) is 26.0 Å². The van der Waals surface area contributed by atoms with E-state index in [1.807, 2.05) is 0 Å². The minimum absolute atomic E-state index is 0.0647. The van der Waals surface area contributed by atoms with E-state index in [0.29, 0.717) is 25.0 Å². The number of hydrogen-bond acceptors (Lipinski definition) is 3. The summed E-state index contributed by atoms with van der Waals surface area (Å²) in [5, 5.41) is 20.5. The molecule has 0 aromatic rings. The Hall–Kier alpha value is -0.670. The predicted octanol–water partition coefficient (Wildman–Crippen LogP) is 5.19. The van der Waals surface area contributed by atoms with Crippen molar-refractivity contribution in [3.63, 3.8) is 0 Å². The Bertz CT molecular complexity index is 377. The topological polar surface area (TPSA) is 57.5 Å². The number of unbranched alkanes of at least 4 members (excludes halogenated alkanes) is 6. The van der Waals surface area contributed by atoms with Gasteiger partial charge in [-0.3, -0.25) is 4.79 Å². The molecule has 1 unspecified atom stereocenters. The molecule has 3 heteroatoms. The molecule has 4 atom stereocenters. The quantitative estimate of drug-likeness (QED) is 0.334. The van der Waals surface area contributed by atoms with Gasteiger partial charge < -0.3 is 10.2 Å². The zero-order valence-corrected chi connectivity index (χ0v) is 16.5. The Labute approximate surface area is 154 Å². The van der Waals surface area contributed by atoms with Gasteiger partial charge in [0, 0.05) is 12.8 Å². The summed E-state index contributed by atoms with van der Waals surface area (Å²) in [6.07, 6.45) is 16.0. The monoisotopic (exact) mass is 352 g/mol. The van der Waals surface area contributed by atoms with Crippen LogP contribution in [0.1, 0.15) is 97.3 Å². The van der Waals surface area contributed by atoms with Crippen LogP contribution in [0.15, 0.2) is 12.2 Å². The second-order valence-corrected chi connectivity index (χ2v) is 7.79. The lowest BCUT2D eigenvalue weighted by molar-refractivity contribution is -0.119. The summed E-state index contributed by atoms with van der Waals surface area (Å²) in [7, 11) is 0. The van der Waals surface area contributed by atoms with Gasteiger partial charge in [-0.05, 0) is 43.9 Å². The summed E-state index contributed by atoms with van der Waals surface area (Å²) in [4.78, 5) is 12.1. The predicted molar refractivity (Wildman–Crippen MR) is 105 cm³/mol. The normalized spacial score (nSPS) is 26.6. The molecule has 0 spiro atoms. The van der Waals surface area contributed by atoms with Crippen LogP contribution in [-0.2, 0) is 4.79 Å². The fourth-order valence-electron chi connectivity index (χ4n) is 3.98. The van der Waals surface area contributed by atoms with E-state index in [0.717, 1.165) is 32.1 Å². The maximum atomic E-state index is 12.1. The molecule has 1 saturated carbocycles. The van der Waals surface area contributed by atoms with Gasteiger partial charge in [0.25, 0.3) is 0 Å². The molecular formula is C22H40O3. The van der Waals surface area contributed by atoms with Crippen molar-refractivity contribution in [3.8, 4) is 0 Å². The van der Waals surface area contributed by atoms with Crippen LogP contribution >= 0.6 is 0 Å². The maximum absolute atomic E-state index is 12.1. The number of hydrogen-bond donors (Lipinski definition) is 2. The van der Waals surface area contributed by atoms with Crippen LogP contribution in [0, 0.1) is 11.8 Å². The largest absolute Gasteiger partial charge is 0.393 e. The van der Waals surface area contributed by atoms with E-state index in [-0.39, 0.29) is 11.8 Å². The van der Waals surface area contributed by atoms with E-state index in [9.17, 15) is 15.0 Å². The van der Waals surface area contributed by atoms with Gasteiger partial charge >= 0.3 is 0 Å². The number of aliphatic hydroxyl groups excluding tert-OH is 2. The lowest BCUT2D eigenvalue weighted by Gasteiger charge is -2.22. The molecule has 25 heavy (non-hydrogen) atoms. The van der Waals surface area contributed by atoms with Gasteiger partial charge in [0.2, 0.25) is 0 Å². The molecule has 1 aliphatic rings. The number of carbonyl (C=O) groups excluding carboxylic acids is 1. The van der Waals surface area contributed by atoms with E-state index in [1.54, 1.807) is 0 Å². The zero-order chi connectivity index (χ0) is 18.5. The minimum atomic E-state index is -0.457. The van der Waals surface area contributed by atoms with E-state index in [4.69, 9.17) is 0 Å². The maximum Gasteiger partial charge on any atom is 0.132 e. The second kappa shape index (κ2) is 13.5. The van der Waals surface area contributed by atoms with Crippen molar-refractivity contribution in [1.82, 2.24) is 0 Å². The van der Waals surface area contributed by atoms with Gasteiger partial charge in [-0.1, -0.05) is 64.5 Å². The van der Waals surface area contributed by atoms with Crippen LogP contribution in [0.4, 0.5) is 0 Å². The average molecular weight is 353 g/mol. The molecule has 146 valence electrons. The molecule has 0 saturated heterocycles. The Morgan fingerprint density at radius 1 is 0.880 bits per heavy atom. The SMILES string of the molecule is CCCC/C=C\CC1[C@@H](CCC(=O)CCCCCCC)[C@H](O)C[C@@H]1O. The Balaban J connectivity index is 2.32. The standard InChI is InChI=1S/C22H40O3/c1-3-5-7-9-11-13-18(23)15-16-20-19(21(24)17-22(20)25)14-12-10-8-6-4-2/h10,12,19-22,24-25H,3-9,11,13-17H2,1-2H3/b12-10-/t19?,20-,21+,22-/m1/s1. The van der Waals surface area contributed by atoms with Gasteiger partial charge in [-0.25, -0.2) is 0 Å². The highest BCUT2D eigenvalue weighted by Crippen LogP contribution is 2.38. The lowest BCUT2D eigenvalue weighted by atomic mass is 9.86. The fraction of sp³-hybridized carbons (Fsp3) is 0.864. The van der Waals surface area contributed by atoms with Crippen molar-refractivity contribution >= 4 is 5.78 Å². The van der Waals surface area contributed by atoms with E-state index < -0.39 is 12.2 Å². The van der Waals surface area contributed by atoms with Crippen molar-refractivity contribution in [3.05, 3.63) is 12.2 Å². The van der Waals surface area contributed by atoms with Crippen LogP contribution in [0.2, 0.25) is 0 Å². The van der Waals surface area contributed by atoms with Crippen molar-refractivity contribution < 1.29 is 15.0 Å². The van der Waals surface area contributed by atoms with Crippen molar-refractivity contribution in [2.24, 2.45) is 11.8 Å². The zero-order valence-electron chi connectivity index (χ0n) is 16.5. The van der Waals surface area contributed by atoms with Crippen LogP contribution in [0.25, 0.3) is 0 Å². The first-order chi connectivity index (χ1) is 12.1. The summed E-state index contributed by atoms with van der Waals surface area (Å²) < 4.78 is 0. The summed E-state index contributed by atoms with van der Waals surface area (Å²) in [6.45, 7) is 4.38. The number of Topliss-reactive ketones (excluding diaryl/α,β-unsaturated/α-hetero) is 1. The highest BCUT2D eigenvalue weighted by molar-refractivity contribution is 5.78. The highest BCUT2D eigenvalue weighted by atomic mass is 16.3. The third kappa shape index (κ3) is 9.01. The molecule has 0 aromatic heterocycles. The van der Waals surface area contributed by atoms with Gasteiger partial charge in [0.1, 0.15) is 5.78 Å². The molecule has 1 aliphatic carbocycles. The summed E-state index contributed by atoms with van der Waals surface area (Å²) >= 11 is 0. The van der Waals surface area contributed by atoms with Gasteiger partial charge in [0.05, 0.1) is 12.2 Å². The summed E-state index contributed by atoms with van der Waals surface area (Å²) in [5.74, 6) is 0.488. The smallest absolute Gasteiger partial charge is 0.132 e. The Kier molecular flexibility index (Phi) is 12.1. The molecule has 1 rings (SSSR count). The van der Waals surface area contributed by atoms with Gasteiger partial charge in [-0.15, -0.1) is 0 Å². The molecule has 0 heterocycles. The van der Waals surface area contributed by atoms with Crippen LogP contribution in [-0.4, -0.2) is 28.2 Å². The average Bonchev–Trinajstić information content (AvgIpc) is 2.85. The van der Waals surface area contributed by atoms with Crippen molar-refractivity contribution in [1.29, 1.82) is 0 Å². The molecule has 0 aliphatic heterocycles. The Morgan fingerprint density at radius 2 is 1.56 bits per heavy atom. The molecule has 0 aromatic carbocycles. The van der Waals surface area contributed by atoms with Crippen molar-refractivity contribution in [2.45, 2.75) is 110 Å². The highest BCUT2D eigenvalue weighted by Gasteiger charge is 2.40. The fourth-order valence-corrected chi connectivity index (χ4v) is 3.98. The van der Waals surface area contributed by atoms with Crippen molar-refractivity contribution in [2.75, 3.05) is 0 Å². The first-order valence-corrected chi connectivity index (χ1v) is 10.6. The van der Waals surface area contributed by atoms with Crippen LogP contribution < -0.4 is 0 Å². The van der Waals surface area contributed by atoms with Gasteiger partial charge in [-0.2, -0.15) is 0 Å². The second-order valence-electron chi connectivity index (χ2n) is 7.79. The third-order valence-electron chi connectivity index (χ3n) is 5.64. The van der Waals surface area contributed by atoms with Crippen LogP contribution in [0.5, 0.6) is 0 Å². The number of aliphatic hydroxyl groups is 2. The molecule has 0 amide bonds. The molecule has 1 fully saturated rings. The lowest BCUT2D eigenvalue weighted by Crippen LogP contribution is -2.22. The van der Waals surface area contributed by atoms with Gasteiger partial charge in [0.15, 0.2) is 0 Å². The number of carbonyl (C=O) groups is 1. The minimum Gasteiger partial charge on any atom is -0.393 e. The number of rotatable bonds is 14. The number of allylic oxidation sites excluding steroid dienone is 2.